The van der Waals surface area contributed by atoms with Gasteiger partial charge in [0.05, 0.1) is 0 Å². The molecule has 1 atom stereocenters. The van der Waals surface area contributed by atoms with Crippen LogP contribution in [0.4, 0.5) is 0 Å². The fraction of sp³-hybridized carbons (Fsp3) is 0.857. The maximum absolute atomic E-state index is 12.1. The van der Waals surface area contributed by atoms with Crippen LogP contribution in [0.15, 0.2) is 0 Å². The SMILES string of the molecule is CC(NC(=O)CC1(N)CCCC1)C(=O)N1CCCC1. The lowest BCUT2D eigenvalue weighted by molar-refractivity contribution is -0.135. The van der Waals surface area contributed by atoms with E-state index in [9.17, 15) is 9.59 Å². The number of carbonyl (C=O) groups is 2. The zero-order valence-electron chi connectivity index (χ0n) is 11.8. The summed E-state index contributed by atoms with van der Waals surface area (Å²) in [7, 11) is 0. The molecule has 1 saturated heterocycles. The molecule has 2 rings (SSSR count). The zero-order chi connectivity index (χ0) is 13.9. The van der Waals surface area contributed by atoms with Gasteiger partial charge in [-0.1, -0.05) is 12.8 Å². The lowest BCUT2D eigenvalue weighted by Crippen LogP contribution is -2.49. The van der Waals surface area contributed by atoms with Gasteiger partial charge >= 0.3 is 0 Å². The van der Waals surface area contributed by atoms with E-state index in [-0.39, 0.29) is 17.4 Å². The Hall–Kier alpha value is -1.10. The highest BCUT2D eigenvalue weighted by Gasteiger charge is 2.33. The summed E-state index contributed by atoms with van der Waals surface area (Å²) in [5.74, 6) is -0.0622. The van der Waals surface area contributed by atoms with Crippen molar-refractivity contribution in [3.05, 3.63) is 0 Å². The summed E-state index contributed by atoms with van der Waals surface area (Å²) in [6.07, 6.45) is 6.50. The minimum Gasteiger partial charge on any atom is -0.345 e. The van der Waals surface area contributed by atoms with Crippen LogP contribution >= 0.6 is 0 Å². The second-order valence-corrected chi connectivity index (χ2v) is 6.07. The predicted octanol–water partition coefficient (Wildman–Crippen LogP) is 0.775. The van der Waals surface area contributed by atoms with Crippen LogP contribution in [0.2, 0.25) is 0 Å². The van der Waals surface area contributed by atoms with Gasteiger partial charge in [0.2, 0.25) is 11.8 Å². The Balaban J connectivity index is 1.79. The van der Waals surface area contributed by atoms with Crippen molar-refractivity contribution in [1.29, 1.82) is 0 Å². The Morgan fingerprint density at radius 3 is 2.37 bits per heavy atom. The Kier molecular flexibility index (Phi) is 4.45. The molecule has 1 aliphatic heterocycles. The van der Waals surface area contributed by atoms with Gasteiger partial charge in [-0.05, 0) is 32.6 Å². The van der Waals surface area contributed by atoms with Crippen LogP contribution in [0.1, 0.15) is 51.9 Å². The fourth-order valence-corrected chi connectivity index (χ4v) is 3.14. The van der Waals surface area contributed by atoms with Gasteiger partial charge in [0.15, 0.2) is 0 Å². The van der Waals surface area contributed by atoms with Crippen molar-refractivity contribution in [3.63, 3.8) is 0 Å². The van der Waals surface area contributed by atoms with Crippen molar-refractivity contribution in [2.24, 2.45) is 5.73 Å². The van der Waals surface area contributed by atoms with E-state index in [1.165, 1.54) is 0 Å². The molecule has 0 aromatic rings. The average molecular weight is 267 g/mol. The second-order valence-electron chi connectivity index (χ2n) is 6.07. The molecule has 2 fully saturated rings. The van der Waals surface area contributed by atoms with Crippen LogP contribution in [0.3, 0.4) is 0 Å². The summed E-state index contributed by atoms with van der Waals surface area (Å²) < 4.78 is 0. The minimum atomic E-state index is -0.435. The number of amides is 2. The summed E-state index contributed by atoms with van der Waals surface area (Å²) in [5.41, 5.74) is 5.83. The summed E-state index contributed by atoms with van der Waals surface area (Å²) in [6.45, 7) is 3.40. The lowest BCUT2D eigenvalue weighted by atomic mass is 9.94. The normalized spacial score (nSPS) is 23.4. The molecule has 0 aromatic carbocycles. The highest BCUT2D eigenvalue weighted by atomic mass is 16.2. The Morgan fingerprint density at radius 2 is 1.79 bits per heavy atom. The molecule has 19 heavy (non-hydrogen) atoms. The molecule has 5 heteroatoms. The van der Waals surface area contributed by atoms with Crippen LogP contribution in [-0.4, -0.2) is 41.4 Å². The Bertz CT molecular complexity index is 345. The quantitative estimate of drug-likeness (QED) is 0.790. The van der Waals surface area contributed by atoms with Crippen LogP contribution in [-0.2, 0) is 9.59 Å². The van der Waals surface area contributed by atoms with Crippen molar-refractivity contribution in [1.82, 2.24) is 10.2 Å². The maximum atomic E-state index is 12.1. The third-order valence-corrected chi connectivity index (χ3v) is 4.28. The summed E-state index contributed by atoms with van der Waals surface area (Å²) >= 11 is 0. The molecule has 0 spiro atoms. The molecule has 1 heterocycles. The van der Waals surface area contributed by atoms with E-state index >= 15 is 0 Å². The van der Waals surface area contributed by atoms with E-state index in [1.54, 1.807) is 6.92 Å². The monoisotopic (exact) mass is 267 g/mol. The largest absolute Gasteiger partial charge is 0.345 e. The van der Waals surface area contributed by atoms with Crippen LogP contribution in [0.25, 0.3) is 0 Å². The van der Waals surface area contributed by atoms with Crippen LogP contribution in [0.5, 0.6) is 0 Å². The number of rotatable bonds is 4. The standard InChI is InChI=1S/C14H25N3O2/c1-11(13(19)17-8-4-5-9-17)16-12(18)10-14(15)6-2-3-7-14/h11H,2-10,15H2,1H3,(H,16,18). The van der Waals surface area contributed by atoms with Gasteiger partial charge in [-0.25, -0.2) is 0 Å². The van der Waals surface area contributed by atoms with Gasteiger partial charge in [0.25, 0.3) is 0 Å². The van der Waals surface area contributed by atoms with E-state index in [4.69, 9.17) is 5.73 Å². The molecular weight excluding hydrogens is 242 g/mol. The highest BCUT2D eigenvalue weighted by Crippen LogP contribution is 2.29. The van der Waals surface area contributed by atoms with Gasteiger partial charge in [-0.3, -0.25) is 9.59 Å². The molecule has 0 radical (unpaired) electrons. The van der Waals surface area contributed by atoms with Gasteiger partial charge in [-0.15, -0.1) is 0 Å². The molecule has 0 bridgehead atoms. The molecule has 1 unspecified atom stereocenters. The molecule has 1 saturated carbocycles. The molecule has 5 nitrogen and oxygen atoms in total. The molecule has 2 amide bonds. The van der Waals surface area contributed by atoms with Gasteiger partial charge < -0.3 is 16.0 Å². The average Bonchev–Trinajstić information content (AvgIpc) is 2.98. The number of nitrogens with zero attached hydrogens (tertiary/aromatic N) is 1. The highest BCUT2D eigenvalue weighted by molar-refractivity contribution is 5.87. The van der Waals surface area contributed by atoms with Crippen molar-refractivity contribution >= 4 is 11.8 Å². The van der Waals surface area contributed by atoms with Gasteiger partial charge in [0.1, 0.15) is 6.04 Å². The van der Waals surface area contributed by atoms with E-state index in [0.29, 0.717) is 6.42 Å². The van der Waals surface area contributed by atoms with Gasteiger partial charge in [0, 0.05) is 25.0 Å². The van der Waals surface area contributed by atoms with E-state index in [1.807, 2.05) is 4.90 Å². The first-order valence-electron chi connectivity index (χ1n) is 7.37. The fourth-order valence-electron chi connectivity index (χ4n) is 3.14. The van der Waals surface area contributed by atoms with Crippen molar-refractivity contribution in [3.8, 4) is 0 Å². The number of nitrogens with one attached hydrogen (secondary N) is 1. The third kappa shape index (κ3) is 3.69. The molecule has 3 N–H and O–H groups in total. The molecule has 2 aliphatic rings. The van der Waals surface area contributed by atoms with Crippen molar-refractivity contribution in [2.45, 2.75) is 63.5 Å². The second kappa shape index (κ2) is 5.90. The van der Waals surface area contributed by atoms with E-state index in [2.05, 4.69) is 5.32 Å². The Labute approximate surface area is 114 Å². The number of hydrogen-bond acceptors (Lipinski definition) is 3. The van der Waals surface area contributed by atoms with Gasteiger partial charge in [-0.2, -0.15) is 0 Å². The third-order valence-electron chi connectivity index (χ3n) is 4.28. The molecule has 0 aromatic heterocycles. The van der Waals surface area contributed by atoms with E-state index in [0.717, 1.165) is 51.6 Å². The summed E-state index contributed by atoms with van der Waals surface area (Å²) in [6, 6.07) is -0.435. The molecule has 108 valence electrons. The number of likely N-dealkylation sites (tertiary alicyclic amines) is 1. The predicted molar refractivity (Wildman–Crippen MR) is 73.4 cm³/mol. The van der Waals surface area contributed by atoms with Crippen LogP contribution in [0, 0.1) is 0 Å². The smallest absolute Gasteiger partial charge is 0.244 e. The minimum absolute atomic E-state index is 0.0309. The number of nitrogens with two attached hydrogens (primary N) is 1. The van der Waals surface area contributed by atoms with Crippen LogP contribution < -0.4 is 11.1 Å². The first-order chi connectivity index (χ1) is 9.00. The first-order valence-corrected chi connectivity index (χ1v) is 7.37. The zero-order valence-corrected chi connectivity index (χ0v) is 11.8. The number of hydrogen-bond donors (Lipinski definition) is 2. The first kappa shape index (κ1) is 14.3. The van der Waals surface area contributed by atoms with E-state index < -0.39 is 6.04 Å². The molecular formula is C14H25N3O2. The topological polar surface area (TPSA) is 75.4 Å². The summed E-state index contributed by atoms with van der Waals surface area (Å²) in [5, 5.41) is 2.80. The Morgan fingerprint density at radius 1 is 1.21 bits per heavy atom. The molecule has 1 aliphatic carbocycles. The maximum Gasteiger partial charge on any atom is 0.244 e. The number of carbonyl (C=O) groups excluding carboxylic acids is 2. The van der Waals surface area contributed by atoms with Crippen molar-refractivity contribution < 1.29 is 9.59 Å². The van der Waals surface area contributed by atoms with Crippen molar-refractivity contribution in [2.75, 3.05) is 13.1 Å². The lowest BCUT2D eigenvalue weighted by Gasteiger charge is -2.25. The summed E-state index contributed by atoms with van der Waals surface area (Å²) in [4.78, 5) is 25.9.